The minimum absolute atomic E-state index is 0.00684. The number of fused-ring (bicyclic) bond motifs is 1. The summed E-state index contributed by atoms with van der Waals surface area (Å²) in [5.74, 6) is 0.00684. The van der Waals surface area contributed by atoms with Crippen molar-refractivity contribution in [2.75, 3.05) is 5.32 Å². The van der Waals surface area contributed by atoms with Gasteiger partial charge in [0.15, 0.2) is 0 Å². The molecule has 0 aliphatic rings. The summed E-state index contributed by atoms with van der Waals surface area (Å²) in [4.78, 5) is 24.7. The number of amides is 1. The predicted octanol–water partition coefficient (Wildman–Crippen LogP) is 4.75. The second-order valence-electron chi connectivity index (χ2n) is 7.47. The number of aromatic amines is 1. The minimum atomic E-state index is -0.422. The Kier molecular flexibility index (Phi) is 5.40. The first-order valence-electron chi connectivity index (χ1n) is 9.31. The van der Waals surface area contributed by atoms with Crippen molar-refractivity contribution in [3.63, 3.8) is 0 Å². The van der Waals surface area contributed by atoms with Crippen molar-refractivity contribution >= 4 is 22.4 Å². The first-order valence-corrected chi connectivity index (χ1v) is 9.31. The summed E-state index contributed by atoms with van der Waals surface area (Å²) < 4.78 is 0. The molecule has 0 aliphatic carbocycles. The lowest BCUT2D eigenvalue weighted by atomic mass is 9.86. The summed E-state index contributed by atoms with van der Waals surface area (Å²) in [7, 11) is 0. The molecule has 2 N–H and O–H groups in total. The third-order valence-corrected chi connectivity index (χ3v) is 4.86. The molecule has 3 rings (SSSR count). The molecule has 0 unspecified atom stereocenters. The highest BCUT2D eigenvalue weighted by atomic mass is 16.2. The Bertz CT molecular complexity index is 1020. The number of carbonyl (C=O) groups excluding carboxylic acids is 1. The largest absolute Gasteiger partial charge is 0.326 e. The molecule has 1 heterocycles. The number of nitrogens with zero attached hydrogens (tertiary/aromatic N) is 1. The molecule has 0 radical (unpaired) electrons. The smallest absolute Gasteiger partial charge is 0.272 e. The normalized spacial score (nSPS) is 11.5. The highest BCUT2D eigenvalue weighted by Gasteiger charge is 2.26. The molecule has 1 amide bonds. The van der Waals surface area contributed by atoms with Crippen LogP contribution in [-0.4, -0.2) is 16.1 Å². The van der Waals surface area contributed by atoms with E-state index in [0.717, 1.165) is 35.9 Å². The van der Waals surface area contributed by atoms with Gasteiger partial charge in [-0.3, -0.25) is 9.59 Å². The van der Waals surface area contributed by atoms with Crippen LogP contribution in [0.3, 0.4) is 0 Å². The average molecular weight is 363 g/mol. The number of H-pyrrole nitrogens is 1. The number of hydrogen-bond acceptors (Lipinski definition) is 3. The standard InChI is InChI=1S/C22H25N3O2/c1-4-5-13-22(2,3)21(27)23-16-10-8-9-15(14-16)19-17-11-6-7-12-18(17)20(26)25-24-19/h6-12,14H,4-5,13H2,1-3H3,(H,23,27)(H,25,26). The van der Waals surface area contributed by atoms with Crippen LogP contribution in [-0.2, 0) is 4.79 Å². The maximum Gasteiger partial charge on any atom is 0.272 e. The van der Waals surface area contributed by atoms with E-state index in [1.165, 1.54) is 0 Å². The average Bonchev–Trinajstić information content (AvgIpc) is 2.67. The highest BCUT2D eigenvalue weighted by Crippen LogP contribution is 2.28. The van der Waals surface area contributed by atoms with Gasteiger partial charge in [-0.2, -0.15) is 5.10 Å². The van der Waals surface area contributed by atoms with Crippen molar-refractivity contribution in [1.82, 2.24) is 10.2 Å². The molecule has 3 aromatic rings. The van der Waals surface area contributed by atoms with Crippen LogP contribution in [0.2, 0.25) is 0 Å². The molecule has 27 heavy (non-hydrogen) atoms. The number of nitrogens with one attached hydrogen (secondary N) is 2. The fraction of sp³-hybridized carbons (Fsp3) is 0.318. The Morgan fingerprint density at radius 3 is 2.59 bits per heavy atom. The SMILES string of the molecule is CCCCC(C)(C)C(=O)Nc1cccc(-c2n[nH]c(=O)c3ccccc23)c1. The Hall–Kier alpha value is -2.95. The van der Waals surface area contributed by atoms with E-state index in [1.807, 2.05) is 56.3 Å². The van der Waals surface area contributed by atoms with Gasteiger partial charge in [-0.1, -0.05) is 63.9 Å². The number of benzene rings is 2. The maximum absolute atomic E-state index is 12.7. The maximum atomic E-state index is 12.7. The fourth-order valence-electron chi connectivity index (χ4n) is 3.11. The summed E-state index contributed by atoms with van der Waals surface area (Å²) >= 11 is 0. The zero-order valence-electron chi connectivity index (χ0n) is 16.0. The molecule has 0 spiro atoms. The molecule has 0 bridgehead atoms. The third kappa shape index (κ3) is 4.08. The van der Waals surface area contributed by atoms with Crippen molar-refractivity contribution in [2.45, 2.75) is 40.0 Å². The van der Waals surface area contributed by atoms with Gasteiger partial charge in [0.05, 0.1) is 11.1 Å². The molecule has 0 saturated carbocycles. The van der Waals surface area contributed by atoms with Crippen molar-refractivity contribution < 1.29 is 4.79 Å². The molecule has 0 atom stereocenters. The van der Waals surface area contributed by atoms with Crippen LogP contribution in [0.5, 0.6) is 0 Å². The molecule has 1 aromatic heterocycles. The van der Waals surface area contributed by atoms with E-state index in [9.17, 15) is 9.59 Å². The van der Waals surface area contributed by atoms with Crippen LogP contribution in [0, 0.1) is 5.41 Å². The topological polar surface area (TPSA) is 74.8 Å². The second kappa shape index (κ2) is 7.74. The lowest BCUT2D eigenvalue weighted by molar-refractivity contribution is -0.124. The Morgan fingerprint density at radius 2 is 1.85 bits per heavy atom. The van der Waals surface area contributed by atoms with E-state index in [-0.39, 0.29) is 11.5 Å². The van der Waals surface area contributed by atoms with Gasteiger partial charge < -0.3 is 5.32 Å². The van der Waals surface area contributed by atoms with Gasteiger partial charge in [-0.15, -0.1) is 0 Å². The van der Waals surface area contributed by atoms with E-state index >= 15 is 0 Å². The lowest BCUT2D eigenvalue weighted by Crippen LogP contribution is -2.30. The van der Waals surface area contributed by atoms with Gasteiger partial charge in [0.25, 0.3) is 5.56 Å². The number of carbonyl (C=O) groups is 1. The summed E-state index contributed by atoms with van der Waals surface area (Å²) in [5.41, 5.74) is 1.61. The molecular weight excluding hydrogens is 338 g/mol. The van der Waals surface area contributed by atoms with Crippen LogP contribution >= 0.6 is 0 Å². The Labute approximate surface area is 158 Å². The number of hydrogen-bond donors (Lipinski definition) is 2. The van der Waals surface area contributed by atoms with E-state index < -0.39 is 5.41 Å². The van der Waals surface area contributed by atoms with E-state index in [2.05, 4.69) is 22.4 Å². The van der Waals surface area contributed by atoms with Gasteiger partial charge in [0.2, 0.25) is 5.91 Å². The first kappa shape index (κ1) is 18.8. The molecule has 140 valence electrons. The fourth-order valence-corrected chi connectivity index (χ4v) is 3.11. The molecule has 5 nitrogen and oxygen atoms in total. The van der Waals surface area contributed by atoms with Gasteiger partial charge in [0.1, 0.15) is 0 Å². The van der Waals surface area contributed by atoms with E-state index in [0.29, 0.717) is 11.1 Å². The third-order valence-electron chi connectivity index (χ3n) is 4.86. The second-order valence-corrected chi connectivity index (χ2v) is 7.47. The molecule has 0 aliphatic heterocycles. The molecule has 5 heteroatoms. The van der Waals surface area contributed by atoms with Crippen LogP contribution in [0.25, 0.3) is 22.0 Å². The first-order chi connectivity index (χ1) is 12.9. The minimum Gasteiger partial charge on any atom is -0.326 e. The van der Waals surface area contributed by atoms with E-state index in [1.54, 1.807) is 6.07 Å². The van der Waals surface area contributed by atoms with Crippen LogP contribution < -0.4 is 10.9 Å². The van der Waals surface area contributed by atoms with Gasteiger partial charge in [0, 0.05) is 22.1 Å². The van der Waals surface area contributed by atoms with Gasteiger partial charge >= 0.3 is 0 Å². The van der Waals surface area contributed by atoms with Crippen LogP contribution in [0.1, 0.15) is 40.0 Å². The summed E-state index contributed by atoms with van der Waals surface area (Å²) in [5, 5.41) is 11.2. The van der Waals surface area contributed by atoms with Gasteiger partial charge in [-0.05, 0) is 24.6 Å². The zero-order valence-corrected chi connectivity index (χ0v) is 16.0. The molecular formula is C22H25N3O2. The predicted molar refractivity (Wildman–Crippen MR) is 110 cm³/mol. The van der Waals surface area contributed by atoms with Crippen molar-refractivity contribution in [1.29, 1.82) is 0 Å². The number of unbranched alkanes of at least 4 members (excludes halogenated alkanes) is 1. The molecule has 2 aromatic carbocycles. The molecule has 0 saturated heterocycles. The lowest BCUT2D eigenvalue weighted by Gasteiger charge is -2.23. The van der Waals surface area contributed by atoms with Crippen molar-refractivity contribution in [3.8, 4) is 11.3 Å². The van der Waals surface area contributed by atoms with Crippen molar-refractivity contribution in [2.24, 2.45) is 5.41 Å². The van der Waals surface area contributed by atoms with Crippen LogP contribution in [0.4, 0.5) is 5.69 Å². The summed E-state index contributed by atoms with van der Waals surface area (Å²) in [6, 6.07) is 14.9. The number of anilines is 1. The molecule has 0 fully saturated rings. The van der Waals surface area contributed by atoms with E-state index in [4.69, 9.17) is 0 Å². The Balaban J connectivity index is 1.92. The number of rotatable bonds is 6. The highest BCUT2D eigenvalue weighted by molar-refractivity contribution is 5.97. The van der Waals surface area contributed by atoms with Crippen molar-refractivity contribution in [3.05, 3.63) is 58.9 Å². The summed E-state index contributed by atoms with van der Waals surface area (Å²) in [6.45, 7) is 6.07. The monoisotopic (exact) mass is 363 g/mol. The zero-order chi connectivity index (χ0) is 19.4. The summed E-state index contributed by atoms with van der Waals surface area (Å²) in [6.07, 6.45) is 2.94. The van der Waals surface area contributed by atoms with Crippen LogP contribution in [0.15, 0.2) is 53.3 Å². The quantitative estimate of drug-likeness (QED) is 0.664. The number of aromatic nitrogens is 2. The van der Waals surface area contributed by atoms with Gasteiger partial charge in [-0.25, -0.2) is 5.10 Å². The Morgan fingerprint density at radius 1 is 1.11 bits per heavy atom.